The van der Waals surface area contributed by atoms with E-state index in [0.717, 1.165) is 37.0 Å². The lowest BCUT2D eigenvalue weighted by molar-refractivity contribution is 0.0979. The molecule has 4 aromatic rings. The number of aryl methyl sites for hydroxylation is 1. The molecule has 1 heterocycles. The molecule has 0 saturated heterocycles. The smallest absolute Gasteiger partial charge is 0.258 e. The summed E-state index contributed by atoms with van der Waals surface area (Å²) in [6, 6.07) is 23.2. The standard InChI is InChI=1S/C28H26IN3O2S/c1-17(2)16-34-21-8-6-7-19(14-21)26-15-23(22-9-4-5-10-25(22)30-26)27(33)32-28(35)31-24-12-11-20(29)13-18(24)3/h4-15,17H,16H2,1-3H3,(H2,31,32,33,35). The van der Waals surface area contributed by atoms with Crippen LogP contribution in [0, 0.1) is 16.4 Å². The van der Waals surface area contributed by atoms with Gasteiger partial charge in [0.25, 0.3) is 5.91 Å². The van der Waals surface area contributed by atoms with Gasteiger partial charge in [0.2, 0.25) is 0 Å². The first-order valence-corrected chi connectivity index (χ1v) is 12.8. The molecule has 0 bridgehead atoms. The lowest BCUT2D eigenvalue weighted by Crippen LogP contribution is -2.34. The molecule has 0 aliphatic carbocycles. The van der Waals surface area contributed by atoms with Crippen LogP contribution in [-0.4, -0.2) is 22.6 Å². The van der Waals surface area contributed by atoms with Crippen molar-refractivity contribution in [1.29, 1.82) is 0 Å². The highest BCUT2D eigenvalue weighted by molar-refractivity contribution is 14.1. The number of anilines is 1. The van der Waals surface area contributed by atoms with Crippen molar-refractivity contribution >= 4 is 62.4 Å². The topological polar surface area (TPSA) is 63.2 Å². The fraction of sp³-hybridized carbons (Fsp3) is 0.179. The lowest BCUT2D eigenvalue weighted by atomic mass is 10.0. The summed E-state index contributed by atoms with van der Waals surface area (Å²) in [6.45, 7) is 6.85. The van der Waals surface area contributed by atoms with E-state index < -0.39 is 0 Å². The largest absolute Gasteiger partial charge is 0.493 e. The Kier molecular flexibility index (Phi) is 7.97. The van der Waals surface area contributed by atoms with E-state index in [0.29, 0.717) is 23.8 Å². The van der Waals surface area contributed by atoms with Crippen LogP contribution in [0.25, 0.3) is 22.2 Å². The van der Waals surface area contributed by atoms with E-state index in [2.05, 4.69) is 53.1 Å². The SMILES string of the molecule is Cc1cc(I)ccc1NC(=S)NC(=O)c1cc(-c2cccc(OCC(C)C)c2)nc2ccccc12. The molecule has 35 heavy (non-hydrogen) atoms. The highest BCUT2D eigenvalue weighted by atomic mass is 127. The third-order valence-corrected chi connectivity index (χ3v) is 6.21. The van der Waals surface area contributed by atoms with E-state index in [9.17, 15) is 4.79 Å². The Bertz CT molecular complexity index is 1400. The van der Waals surface area contributed by atoms with E-state index in [4.69, 9.17) is 21.9 Å². The minimum atomic E-state index is -0.294. The number of fused-ring (bicyclic) bond motifs is 1. The number of thiocarbonyl (C=S) groups is 1. The van der Waals surface area contributed by atoms with Crippen molar-refractivity contribution in [3.8, 4) is 17.0 Å². The van der Waals surface area contributed by atoms with Crippen molar-refractivity contribution in [1.82, 2.24) is 10.3 Å². The zero-order valence-corrected chi connectivity index (χ0v) is 22.7. The van der Waals surface area contributed by atoms with Crippen LogP contribution in [0.4, 0.5) is 5.69 Å². The molecule has 0 unspecified atom stereocenters. The van der Waals surface area contributed by atoms with Gasteiger partial charge in [0, 0.05) is 20.2 Å². The number of pyridine rings is 1. The number of rotatable bonds is 6. The fourth-order valence-electron chi connectivity index (χ4n) is 3.61. The molecule has 0 radical (unpaired) electrons. The molecule has 4 rings (SSSR count). The Labute approximate surface area is 224 Å². The third kappa shape index (κ3) is 6.35. The molecule has 178 valence electrons. The van der Waals surface area contributed by atoms with Crippen LogP contribution in [0.3, 0.4) is 0 Å². The van der Waals surface area contributed by atoms with Crippen molar-refractivity contribution in [3.05, 3.63) is 87.5 Å². The summed E-state index contributed by atoms with van der Waals surface area (Å²) in [5.74, 6) is 0.904. The summed E-state index contributed by atoms with van der Waals surface area (Å²) >= 11 is 7.71. The maximum atomic E-state index is 13.3. The average Bonchev–Trinajstić information content (AvgIpc) is 2.84. The molecule has 0 aliphatic rings. The van der Waals surface area contributed by atoms with E-state index in [-0.39, 0.29) is 11.0 Å². The Balaban J connectivity index is 1.63. The summed E-state index contributed by atoms with van der Waals surface area (Å²) in [6.07, 6.45) is 0. The van der Waals surface area contributed by atoms with Crippen LogP contribution in [0.1, 0.15) is 29.8 Å². The average molecular weight is 596 g/mol. The summed E-state index contributed by atoms with van der Waals surface area (Å²) in [4.78, 5) is 18.1. The van der Waals surface area contributed by atoms with Crippen molar-refractivity contribution in [2.75, 3.05) is 11.9 Å². The van der Waals surface area contributed by atoms with Gasteiger partial charge in [-0.15, -0.1) is 0 Å². The maximum Gasteiger partial charge on any atom is 0.258 e. The van der Waals surface area contributed by atoms with Gasteiger partial charge >= 0.3 is 0 Å². The molecule has 0 aliphatic heterocycles. The van der Waals surface area contributed by atoms with E-state index >= 15 is 0 Å². The van der Waals surface area contributed by atoms with Gasteiger partial charge in [0.05, 0.1) is 23.4 Å². The molecule has 0 atom stereocenters. The normalized spacial score (nSPS) is 10.9. The van der Waals surface area contributed by atoms with Gasteiger partial charge in [-0.25, -0.2) is 4.98 Å². The molecule has 3 aromatic carbocycles. The van der Waals surface area contributed by atoms with Crippen molar-refractivity contribution in [2.24, 2.45) is 5.92 Å². The molecule has 1 aromatic heterocycles. The number of carbonyl (C=O) groups is 1. The minimum Gasteiger partial charge on any atom is -0.493 e. The summed E-state index contributed by atoms with van der Waals surface area (Å²) in [5.41, 5.74) is 4.70. The van der Waals surface area contributed by atoms with Crippen molar-refractivity contribution in [3.63, 3.8) is 0 Å². The molecule has 2 N–H and O–H groups in total. The third-order valence-electron chi connectivity index (χ3n) is 5.34. The van der Waals surface area contributed by atoms with E-state index in [1.807, 2.05) is 67.6 Å². The van der Waals surface area contributed by atoms with Crippen LogP contribution < -0.4 is 15.4 Å². The Morgan fingerprint density at radius 1 is 1.06 bits per heavy atom. The van der Waals surface area contributed by atoms with Gasteiger partial charge in [-0.2, -0.15) is 0 Å². The van der Waals surface area contributed by atoms with Crippen molar-refractivity contribution < 1.29 is 9.53 Å². The quantitative estimate of drug-likeness (QED) is 0.186. The first-order chi connectivity index (χ1) is 16.8. The van der Waals surface area contributed by atoms with Gasteiger partial charge in [-0.3, -0.25) is 10.1 Å². The Morgan fingerprint density at radius 2 is 1.86 bits per heavy atom. The Hall–Kier alpha value is -3.04. The number of ether oxygens (including phenoxy) is 1. The molecular formula is C28H26IN3O2S. The second kappa shape index (κ2) is 11.1. The van der Waals surface area contributed by atoms with Crippen LogP contribution in [0.15, 0.2) is 72.8 Å². The maximum absolute atomic E-state index is 13.3. The van der Waals surface area contributed by atoms with Crippen LogP contribution in [0.2, 0.25) is 0 Å². The van der Waals surface area contributed by atoms with Crippen LogP contribution in [-0.2, 0) is 0 Å². The second-order valence-electron chi connectivity index (χ2n) is 8.67. The second-order valence-corrected chi connectivity index (χ2v) is 10.3. The number of nitrogens with one attached hydrogen (secondary N) is 2. The number of nitrogens with zero attached hydrogens (tertiary/aromatic N) is 1. The van der Waals surface area contributed by atoms with Gasteiger partial charge in [-0.1, -0.05) is 44.2 Å². The number of hydrogen-bond donors (Lipinski definition) is 2. The fourth-order valence-corrected chi connectivity index (χ4v) is 4.46. The predicted octanol–water partition coefficient (Wildman–Crippen LogP) is 6.98. The van der Waals surface area contributed by atoms with Crippen LogP contribution in [0.5, 0.6) is 5.75 Å². The number of hydrogen-bond acceptors (Lipinski definition) is 4. The number of halogens is 1. The summed E-state index contributed by atoms with van der Waals surface area (Å²) in [7, 11) is 0. The zero-order chi connectivity index (χ0) is 24.9. The minimum absolute atomic E-state index is 0.242. The monoisotopic (exact) mass is 595 g/mol. The molecule has 0 saturated carbocycles. The molecule has 5 nitrogen and oxygen atoms in total. The first-order valence-electron chi connectivity index (χ1n) is 11.3. The highest BCUT2D eigenvalue weighted by Gasteiger charge is 2.16. The van der Waals surface area contributed by atoms with E-state index in [1.54, 1.807) is 6.07 Å². The number of aromatic nitrogens is 1. The van der Waals surface area contributed by atoms with Gasteiger partial charge in [0.1, 0.15) is 5.75 Å². The number of amides is 1. The van der Waals surface area contributed by atoms with E-state index in [1.165, 1.54) is 0 Å². The van der Waals surface area contributed by atoms with Gasteiger partial charge in [0.15, 0.2) is 5.11 Å². The highest BCUT2D eigenvalue weighted by Crippen LogP contribution is 2.27. The molecule has 1 amide bonds. The summed E-state index contributed by atoms with van der Waals surface area (Å²) < 4.78 is 7.02. The summed E-state index contributed by atoms with van der Waals surface area (Å²) in [5, 5.41) is 6.96. The lowest BCUT2D eigenvalue weighted by Gasteiger charge is -2.14. The number of benzene rings is 3. The molecule has 0 fully saturated rings. The van der Waals surface area contributed by atoms with Crippen LogP contribution >= 0.6 is 34.8 Å². The van der Waals surface area contributed by atoms with Gasteiger partial charge in [-0.05, 0) is 95.7 Å². The zero-order valence-electron chi connectivity index (χ0n) is 19.8. The molecule has 0 spiro atoms. The predicted molar refractivity (Wildman–Crippen MR) is 155 cm³/mol. The van der Waals surface area contributed by atoms with Crippen molar-refractivity contribution in [2.45, 2.75) is 20.8 Å². The van der Waals surface area contributed by atoms with Gasteiger partial charge < -0.3 is 10.1 Å². The Morgan fingerprint density at radius 3 is 2.63 bits per heavy atom. The molecular weight excluding hydrogens is 569 g/mol. The molecule has 7 heteroatoms. The number of para-hydroxylation sites is 1. The first kappa shape index (κ1) is 25.1. The number of carbonyl (C=O) groups excluding carboxylic acids is 1.